The largest absolute Gasteiger partial charge is 0.417 e. The van der Waals surface area contributed by atoms with Crippen LogP contribution in [0.2, 0.25) is 5.02 Å². The van der Waals surface area contributed by atoms with Crippen LogP contribution in [0.1, 0.15) is 162 Å². The van der Waals surface area contributed by atoms with E-state index >= 15 is 14.4 Å². The lowest BCUT2D eigenvalue weighted by atomic mass is 9.90. The van der Waals surface area contributed by atoms with Crippen LogP contribution in [0.25, 0.3) is 0 Å². The van der Waals surface area contributed by atoms with Gasteiger partial charge >= 0.3 is 6.18 Å². The SMILES string of the molecule is CCCOC[C@H]1C(=O)N(C)CC(=O)N[C@@H](CCc2ccc(C(F)(F)F)c(Cl)c2)C(=O)N2CCC[C@H]2C(=O)NC2(CCCC2)C(=O)N(C)[C@@H](C2CCCC2)C(=O)N(C)[C@H](C)CC(=O)N(C)[C@@H](CC(C)C)C(=O)N[C@@H]([C@@H](C)CC)C(=O)N(C)[C@@H](C)C(=O)N2CC[C@H]2C(=O)N1C. The van der Waals surface area contributed by atoms with E-state index in [2.05, 4.69) is 16.0 Å². The summed E-state index contributed by atoms with van der Waals surface area (Å²) >= 11 is 6.12. The molecule has 0 radical (unpaired) electrons. The van der Waals surface area contributed by atoms with Gasteiger partial charge in [0.2, 0.25) is 65.0 Å². The summed E-state index contributed by atoms with van der Waals surface area (Å²) in [5, 5.41) is 8.14. The molecule has 3 aliphatic heterocycles. The molecule has 2 saturated carbocycles. The van der Waals surface area contributed by atoms with Crippen LogP contribution in [-0.4, -0.2) is 239 Å². The highest BCUT2D eigenvalue weighted by atomic mass is 35.5. The van der Waals surface area contributed by atoms with Gasteiger partial charge < -0.3 is 59.9 Å². The lowest BCUT2D eigenvalue weighted by molar-refractivity contribution is -0.161. The summed E-state index contributed by atoms with van der Waals surface area (Å²) in [5.74, 6) is -7.52. The second-order valence-corrected chi connectivity index (χ2v) is 27.5. The maximum absolute atomic E-state index is 15.3. The van der Waals surface area contributed by atoms with Crippen molar-refractivity contribution >= 4 is 76.6 Å². The highest BCUT2D eigenvalue weighted by molar-refractivity contribution is 6.31. The third-order valence-corrected chi connectivity index (χ3v) is 20.4. The molecule has 10 atom stereocenters. The van der Waals surface area contributed by atoms with Crippen LogP contribution in [0.4, 0.5) is 13.2 Å². The van der Waals surface area contributed by atoms with E-state index in [0.29, 0.717) is 50.5 Å². The second kappa shape index (κ2) is 32.7. The first-order valence-electron chi connectivity index (χ1n) is 33.2. The van der Waals surface area contributed by atoms with E-state index < -0.39 is 154 Å². The highest BCUT2D eigenvalue weighted by Gasteiger charge is 2.51. The zero-order chi connectivity index (χ0) is 69.1. The number of aryl methyl sites for hydroxylation is 1. The fraction of sp³-hybridized carbons (Fsp3) is 0.742. The number of halogens is 4. The fourth-order valence-corrected chi connectivity index (χ4v) is 14.0. The molecule has 3 heterocycles. The minimum absolute atomic E-state index is 0.0531. The van der Waals surface area contributed by atoms with Gasteiger partial charge in [-0.15, -0.1) is 0 Å². The molecule has 0 aromatic heterocycles. The van der Waals surface area contributed by atoms with Gasteiger partial charge in [0.25, 0.3) is 0 Å². The smallest absolute Gasteiger partial charge is 0.379 e. The van der Waals surface area contributed by atoms with E-state index in [9.17, 15) is 51.5 Å². The fourth-order valence-electron chi connectivity index (χ4n) is 13.7. The topological polar surface area (TPSA) is 259 Å². The molecule has 1 spiro atoms. The van der Waals surface area contributed by atoms with Crippen LogP contribution < -0.4 is 16.0 Å². The third kappa shape index (κ3) is 17.9. The van der Waals surface area contributed by atoms with Gasteiger partial charge in [0.15, 0.2) is 0 Å². The summed E-state index contributed by atoms with van der Waals surface area (Å²) in [6.45, 7) is 11.9. The first kappa shape index (κ1) is 75.5. The van der Waals surface area contributed by atoms with E-state index in [1.807, 2.05) is 27.7 Å². The van der Waals surface area contributed by atoms with Crippen molar-refractivity contribution in [1.29, 1.82) is 0 Å². The average Bonchev–Trinajstić information content (AvgIpc) is 1.77. The Morgan fingerprint density at radius 2 is 1.32 bits per heavy atom. The molecular weight excluding hydrogens is 1230 g/mol. The number of nitrogens with one attached hydrogen (secondary N) is 3. The maximum Gasteiger partial charge on any atom is 0.417 e. The molecule has 11 amide bonds. The predicted molar refractivity (Wildman–Crippen MR) is 341 cm³/mol. The summed E-state index contributed by atoms with van der Waals surface area (Å²) < 4.78 is 47.2. The van der Waals surface area contributed by atoms with E-state index in [1.54, 1.807) is 27.9 Å². The Labute approximate surface area is 551 Å². The Bertz CT molecular complexity index is 2890. The lowest BCUT2D eigenvalue weighted by Crippen LogP contribution is -2.65. The Balaban J connectivity index is 1.39. The molecule has 3 saturated heterocycles. The number of rotatable bonds is 12. The van der Waals surface area contributed by atoms with Crippen molar-refractivity contribution < 1.29 is 70.6 Å². The Hall–Kier alpha value is -6.57. The van der Waals surface area contributed by atoms with Crippen molar-refractivity contribution in [2.45, 2.75) is 224 Å². The van der Waals surface area contributed by atoms with E-state index in [-0.39, 0.29) is 89.5 Å². The number of carbonyl (C=O) groups is 11. The van der Waals surface area contributed by atoms with Crippen molar-refractivity contribution in [3.8, 4) is 0 Å². The molecule has 520 valence electrons. The zero-order valence-corrected chi connectivity index (χ0v) is 57.5. The first-order valence-corrected chi connectivity index (χ1v) is 33.6. The Kier molecular flexibility index (Phi) is 26.5. The number of carbonyl (C=O) groups excluding carboxylic acids is 11. The number of hydrogen-bond acceptors (Lipinski definition) is 12. The molecular formula is C66H101ClF3N11O12. The Morgan fingerprint density at radius 1 is 0.677 bits per heavy atom. The molecule has 1 aromatic rings. The molecule has 23 nitrogen and oxygen atoms in total. The monoisotopic (exact) mass is 1330 g/mol. The number of amides is 11. The third-order valence-electron chi connectivity index (χ3n) is 20.1. The molecule has 0 unspecified atom stereocenters. The number of benzene rings is 1. The van der Waals surface area contributed by atoms with Gasteiger partial charge in [0, 0.05) is 74.4 Å². The molecule has 93 heavy (non-hydrogen) atoms. The number of likely N-dealkylation sites (N-methyl/N-ethyl adjacent to an activating group) is 6. The predicted octanol–water partition coefficient (Wildman–Crippen LogP) is 5.03. The Morgan fingerprint density at radius 3 is 1.90 bits per heavy atom. The van der Waals surface area contributed by atoms with Gasteiger partial charge in [0.05, 0.1) is 23.7 Å². The van der Waals surface area contributed by atoms with Crippen LogP contribution in [0.15, 0.2) is 18.2 Å². The molecule has 0 bridgehead atoms. The van der Waals surface area contributed by atoms with E-state index in [1.165, 1.54) is 70.6 Å². The summed E-state index contributed by atoms with van der Waals surface area (Å²) in [5.41, 5.74) is -2.26. The van der Waals surface area contributed by atoms with Crippen LogP contribution >= 0.6 is 11.6 Å². The standard InChI is InChI=1S/C66H101ClF3N11O12/c1-14-33-93-38-51-60(88)74(8)37-52(82)71-47(27-25-43-24-26-45(46(67)36-43)66(68,69)70)59(87)80-31-20-23-48(80)57(85)73-65(29-18-19-30-65)64(92)79(13)55(44-21-16-17-22-44)63(91)75(9)41(6)35-53(83)77(11)50(34-39(3)4)56(84)72-54(40(5)15-2)62(90)76(10)42(7)58(86)81-32-28-49(81)61(89)78(51)12/h24,26,36,39-42,44,47-51,54-55H,14-23,25,27-35,37-38H2,1-13H3,(H,71,82)(H,72,84)(H,73,85)/t40-,41+,42-,47-,48-,49-,50-,51-,54-,55-/m0/s1. The van der Waals surface area contributed by atoms with E-state index in [0.717, 1.165) is 34.8 Å². The molecule has 27 heteroatoms. The summed E-state index contributed by atoms with van der Waals surface area (Å²) in [6.07, 6.45) is 1.13. The van der Waals surface area contributed by atoms with Crippen molar-refractivity contribution in [2.75, 3.05) is 75.1 Å². The van der Waals surface area contributed by atoms with E-state index in [4.69, 9.17) is 16.3 Å². The minimum Gasteiger partial charge on any atom is -0.379 e. The first-order chi connectivity index (χ1) is 43.7. The van der Waals surface area contributed by atoms with Gasteiger partial charge in [0.1, 0.15) is 53.9 Å². The van der Waals surface area contributed by atoms with Crippen LogP contribution in [0.5, 0.6) is 0 Å². The molecule has 3 N–H and O–H groups in total. The van der Waals surface area contributed by atoms with Crippen LogP contribution in [0.3, 0.4) is 0 Å². The summed E-state index contributed by atoms with van der Waals surface area (Å²) in [6, 6.07) is -6.93. The molecule has 6 rings (SSSR count). The number of alkyl halides is 3. The molecule has 5 fully saturated rings. The van der Waals surface area contributed by atoms with Gasteiger partial charge in [-0.1, -0.05) is 84.4 Å². The summed E-state index contributed by atoms with van der Waals surface area (Å²) in [7, 11) is 8.76. The average molecular weight is 1330 g/mol. The molecule has 2 aliphatic carbocycles. The lowest BCUT2D eigenvalue weighted by Gasteiger charge is -2.45. The molecule has 1 aromatic carbocycles. The normalized spacial score (nSPS) is 27.8. The summed E-state index contributed by atoms with van der Waals surface area (Å²) in [4.78, 5) is 172. The quantitative estimate of drug-likeness (QED) is 0.233. The minimum atomic E-state index is -4.75. The number of fused-ring (bicyclic) bond motifs is 2. The van der Waals surface area contributed by atoms with Gasteiger partial charge in [-0.3, -0.25) is 52.7 Å². The highest BCUT2D eigenvalue weighted by Crippen LogP contribution is 2.38. The molecule has 5 aliphatic rings. The van der Waals surface area contributed by atoms with Gasteiger partial charge in [-0.25, -0.2) is 0 Å². The number of hydrogen-bond donors (Lipinski definition) is 3. The zero-order valence-electron chi connectivity index (χ0n) is 56.7. The van der Waals surface area contributed by atoms with Crippen LogP contribution in [-0.2, 0) is 70.1 Å². The van der Waals surface area contributed by atoms with Gasteiger partial charge in [-0.2, -0.15) is 13.2 Å². The maximum atomic E-state index is 15.3. The van der Waals surface area contributed by atoms with Crippen molar-refractivity contribution in [3.05, 3.63) is 34.3 Å². The van der Waals surface area contributed by atoms with Crippen molar-refractivity contribution in [3.63, 3.8) is 0 Å². The van der Waals surface area contributed by atoms with Crippen molar-refractivity contribution in [2.24, 2.45) is 17.8 Å². The van der Waals surface area contributed by atoms with Crippen molar-refractivity contribution in [1.82, 2.24) is 55.1 Å². The number of ether oxygens (including phenoxy) is 1. The van der Waals surface area contributed by atoms with Gasteiger partial charge in [-0.05, 0) is 120 Å². The second-order valence-electron chi connectivity index (χ2n) is 27.1. The van der Waals surface area contributed by atoms with Crippen LogP contribution in [0, 0.1) is 17.8 Å². The number of nitrogens with zero attached hydrogens (tertiary/aromatic N) is 8.